The van der Waals surface area contributed by atoms with Crippen LogP contribution in [0.4, 0.5) is 10.5 Å². The third-order valence-corrected chi connectivity index (χ3v) is 3.04. The number of anilines is 1. The summed E-state index contributed by atoms with van der Waals surface area (Å²) in [6.45, 7) is 0.123. The molecule has 6 nitrogen and oxygen atoms in total. The molecule has 2 N–H and O–H groups in total. The number of hydrogen-bond acceptors (Lipinski definition) is 4. The Labute approximate surface area is 111 Å². The van der Waals surface area contributed by atoms with E-state index in [1.165, 1.54) is 12.0 Å². The summed E-state index contributed by atoms with van der Waals surface area (Å²) in [5.74, 6) is -0.514. The van der Waals surface area contributed by atoms with Crippen molar-refractivity contribution in [2.75, 3.05) is 19.0 Å². The van der Waals surface area contributed by atoms with Gasteiger partial charge in [-0.05, 0) is 12.1 Å². The van der Waals surface area contributed by atoms with Gasteiger partial charge in [-0.1, -0.05) is 18.2 Å². The number of esters is 1. The third-order valence-electron chi connectivity index (χ3n) is 3.04. The molecule has 102 valence electrons. The van der Waals surface area contributed by atoms with Crippen molar-refractivity contribution >= 4 is 17.7 Å². The Morgan fingerprint density at radius 3 is 2.68 bits per heavy atom. The summed E-state index contributed by atoms with van der Waals surface area (Å²) < 4.78 is 4.64. The third kappa shape index (κ3) is 3.03. The van der Waals surface area contributed by atoms with Crippen molar-refractivity contribution in [3.05, 3.63) is 30.3 Å². The number of ether oxygens (including phenoxy) is 1. The van der Waals surface area contributed by atoms with Crippen molar-refractivity contribution in [1.29, 1.82) is 0 Å². The molecule has 1 saturated heterocycles. The van der Waals surface area contributed by atoms with E-state index < -0.39 is 24.1 Å². The number of carbonyl (C=O) groups excluding carboxylic acids is 2. The average Bonchev–Trinajstić information content (AvgIpc) is 2.81. The number of methoxy groups -OCH3 is 1. The summed E-state index contributed by atoms with van der Waals surface area (Å²) in [6, 6.07) is 7.78. The highest BCUT2D eigenvalue weighted by atomic mass is 16.5. The second kappa shape index (κ2) is 5.71. The zero-order valence-corrected chi connectivity index (χ0v) is 10.6. The van der Waals surface area contributed by atoms with Gasteiger partial charge in [-0.3, -0.25) is 0 Å². The van der Waals surface area contributed by atoms with Crippen LogP contribution in [-0.2, 0) is 9.53 Å². The molecule has 0 aliphatic carbocycles. The number of aliphatic hydroxyl groups is 1. The maximum absolute atomic E-state index is 12.1. The Morgan fingerprint density at radius 1 is 1.37 bits per heavy atom. The fourth-order valence-corrected chi connectivity index (χ4v) is 2.11. The van der Waals surface area contributed by atoms with Crippen molar-refractivity contribution in [1.82, 2.24) is 4.90 Å². The van der Waals surface area contributed by atoms with Gasteiger partial charge >= 0.3 is 12.0 Å². The summed E-state index contributed by atoms with van der Waals surface area (Å²) in [4.78, 5) is 25.0. The first kappa shape index (κ1) is 13.4. The largest absolute Gasteiger partial charge is 0.467 e. The SMILES string of the molecule is COC(=O)[C@@H]1C[C@@H](O)CN1C(=O)Nc1ccccc1. The molecule has 1 aliphatic heterocycles. The molecule has 0 saturated carbocycles. The van der Waals surface area contributed by atoms with E-state index in [4.69, 9.17) is 0 Å². The van der Waals surface area contributed by atoms with Gasteiger partial charge in [0, 0.05) is 18.7 Å². The molecule has 2 amide bonds. The summed E-state index contributed by atoms with van der Waals surface area (Å²) in [5, 5.41) is 12.3. The Hall–Kier alpha value is -2.08. The van der Waals surface area contributed by atoms with E-state index in [2.05, 4.69) is 10.1 Å². The number of likely N-dealkylation sites (tertiary alicyclic amines) is 1. The highest BCUT2D eigenvalue weighted by Crippen LogP contribution is 2.20. The molecule has 1 fully saturated rings. The van der Waals surface area contributed by atoms with Crippen LogP contribution < -0.4 is 5.32 Å². The van der Waals surface area contributed by atoms with Gasteiger partial charge in [0.05, 0.1) is 13.2 Å². The number of carbonyl (C=O) groups is 2. The van der Waals surface area contributed by atoms with E-state index in [1.807, 2.05) is 6.07 Å². The molecule has 2 rings (SSSR count). The highest BCUT2D eigenvalue weighted by molar-refractivity contribution is 5.93. The first-order chi connectivity index (χ1) is 9.11. The number of urea groups is 1. The Bertz CT molecular complexity index is 463. The van der Waals surface area contributed by atoms with Crippen LogP contribution in [0.3, 0.4) is 0 Å². The van der Waals surface area contributed by atoms with E-state index >= 15 is 0 Å². The molecule has 0 spiro atoms. The average molecular weight is 264 g/mol. The molecule has 19 heavy (non-hydrogen) atoms. The van der Waals surface area contributed by atoms with Crippen molar-refractivity contribution in [3.8, 4) is 0 Å². The smallest absolute Gasteiger partial charge is 0.328 e. The van der Waals surface area contributed by atoms with Gasteiger partial charge in [-0.25, -0.2) is 9.59 Å². The molecule has 1 heterocycles. The lowest BCUT2D eigenvalue weighted by Gasteiger charge is -2.22. The van der Waals surface area contributed by atoms with Crippen LogP contribution in [0.2, 0.25) is 0 Å². The lowest BCUT2D eigenvalue weighted by atomic mass is 10.2. The van der Waals surface area contributed by atoms with Gasteiger partial charge in [0.1, 0.15) is 6.04 Å². The number of β-amino-alcohol motifs (C(OH)–C–C–N with tert-alkyl or cyclic N) is 1. The molecular formula is C13H16N2O4. The van der Waals surface area contributed by atoms with Gasteiger partial charge in [0.2, 0.25) is 0 Å². The number of nitrogens with zero attached hydrogens (tertiary/aromatic N) is 1. The Morgan fingerprint density at radius 2 is 2.05 bits per heavy atom. The van der Waals surface area contributed by atoms with E-state index in [-0.39, 0.29) is 13.0 Å². The second-order valence-electron chi connectivity index (χ2n) is 4.38. The number of aliphatic hydroxyl groups excluding tert-OH is 1. The van der Waals surface area contributed by atoms with Crippen LogP contribution in [-0.4, -0.2) is 47.8 Å². The van der Waals surface area contributed by atoms with Crippen molar-refractivity contribution in [3.63, 3.8) is 0 Å². The predicted molar refractivity (Wildman–Crippen MR) is 68.6 cm³/mol. The van der Waals surface area contributed by atoms with Gasteiger partial charge in [-0.2, -0.15) is 0 Å². The molecule has 0 unspecified atom stereocenters. The molecule has 1 aromatic carbocycles. The Balaban J connectivity index is 2.07. The lowest BCUT2D eigenvalue weighted by molar-refractivity contribution is -0.144. The van der Waals surface area contributed by atoms with Crippen molar-refractivity contribution in [2.45, 2.75) is 18.6 Å². The van der Waals surface area contributed by atoms with Gasteiger partial charge in [0.15, 0.2) is 0 Å². The fourth-order valence-electron chi connectivity index (χ4n) is 2.11. The molecule has 0 aromatic heterocycles. The monoisotopic (exact) mass is 264 g/mol. The number of para-hydroxylation sites is 1. The van der Waals surface area contributed by atoms with E-state index in [9.17, 15) is 14.7 Å². The number of amides is 2. The van der Waals surface area contributed by atoms with E-state index in [1.54, 1.807) is 24.3 Å². The van der Waals surface area contributed by atoms with Gasteiger partial charge in [-0.15, -0.1) is 0 Å². The van der Waals surface area contributed by atoms with Crippen LogP contribution in [0, 0.1) is 0 Å². The first-order valence-corrected chi connectivity index (χ1v) is 6.00. The highest BCUT2D eigenvalue weighted by Gasteiger charge is 2.39. The fraction of sp³-hybridized carbons (Fsp3) is 0.385. The number of nitrogens with one attached hydrogen (secondary N) is 1. The second-order valence-corrected chi connectivity index (χ2v) is 4.38. The van der Waals surface area contributed by atoms with E-state index in [0.717, 1.165) is 0 Å². The van der Waals surface area contributed by atoms with E-state index in [0.29, 0.717) is 5.69 Å². The molecule has 0 radical (unpaired) electrons. The zero-order chi connectivity index (χ0) is 13.8. The minimum atomic E-state index is -0.733. The number of hydrogen-bond donors (Lipinski definition) is 2. The minimum absolute atomic E-state index is 0.123. The predicted octanol–water partition coefficient (Wildman–Crippen LogP) is 0.827. The molecular weight excluding hydrogens is 248 g/mol. The van der Waals surface area contributed by atoms with Crippen molar-refractivity contribution < 1.29 is 19.4 Å². The maximum atomic E-state index is 12.1. The first-order valence-electron chi connectivity index (χ1n) is 6.00. The lowest BCUT2D eigenvalue weighted by Crippen LogP contribution is -2.43. The zero-order valence-electron chi connectivity index (χ0n) is 10.6. The summed E-state index contributed by atoms with van der Waals surface area (Å²) in [6.07, 6.45) is -0.500. The molecule has 0 bridgehead atoms. The van der Waals surface area contributed by atoms with Crippen LogP contribution in [0.15, 0.2) is 30.3 Å². The van der Waals surface area contributed by atoms with Crippen LogP contribution >= 0.6 is 0 Å². The summed E-state index contributed by atoms with van der Waals surface area (Å²) in [7, 11) is 1.26. The van der Waals surface area contributed by atoms with Gasteiger partial charge in [0.25, 0.3) is 0 Å². The Kier molecular flexibility index (Phi) is 4.01. The molecule has 2 atom stereocenters. The number of benzene rings is 1. The summed E-state index contributed by atoms with van der Waals surface area (Å²) in [5.41, 5.74) is 0.637. The van der Waals surface area contributed by atoms with Crippen LogP contribution in [0.25, 0.3) is 0 Å². The van der Waals surface area contributed by atoms with Crippen LogP contribution in [0.5, 0.6) is 0 Å². The standard InChI is InChI=1S/C13H16N2O4/c1-19-12(17)11-7-10(16)8-15(11)13(18)14-9-5-3-2-4-6-9/h2-6,10-11,16H,7-8H2,1H3,(H,14,18)/t10-,11+/m1/s1. The molecule has 1 aliphatic rings. The van der Waals surface area contributed by atoms with Crippen LogP contribution in [0.1, 0.15) is 6.42 Å². The maximum Gasteiger partial charge on any atom is 0.328 e. The topological polar surface area (TPSA) is 78.9 Å². The molecule has 6 heteroatoms. The normalized spacial score (nSPS) is 22.1. The summed E-state index contributed by atoms with van der Waals surface area (Å²) >= 11 is 0. The van der Waals surface area contributed by atoms with Crippen molar-refractivity contribution in [2.24, 2.45) is 0 Å². The number of rotatable bonds is 2. The van der Waals surface area contributed by atoms with Gasteiger partial charge < -0.3 is 20.1 Å². The molecule has 1 aromatic rings. The quantitative estimate of drug-likeness (QED) is 0.775. The minimum Gasteiger partial charge on any atom is -0.467 e.